The number of para-hydroxylation sites is 1. The van der Waals surface area contributed by atoms with E-state index >= 15 is 0 Å². The molecule has 1 heterocycles. The molecule has 0 saturated carbocycles. The molecule has 0 atom stereocenters. The number of aryl methyl sites for hydroxylation is 1. The molecule has 0 bridgehead atoms. The summed E-state index contributed by atoms with van der Waals surface area (Å²) < 4.78 is 2.15. The molecule has 1 N–H and O–H groups in total. The maximum atomic E-state index is 12.0. The van der Waals surface area contributed by atoms with Crippen LogP contribution in [-0.4, -0.2) is 16.7 Å². The van der Waals surface area contributed by atoms with E-state index in [1.807, 2.05) is 24.4 Å². The standard InChI is InChI=1S/C18H16ClN3O/c1-2-22-12-14(16-5-3-4-6-17(16)22)11-20-21-18(23)13-7-9-15(19)10-8-13/h3-12H,2H2,1H3,(H,21,23)/b20-11-. The van der Waals surface area contributed by atoms with Gasteiger partial charge >= 0.3 is 0 Å². The minimum atomic E-state index is -0.267. The average molecular weight is 326 g/mol. The van der Waals surface area contributed by atoms with Gasteiger partial charge in [0.15, 0.2) is 0 Å². The van der Waals surface area contributed by atoms with Gasteiger partial charge in [-0.25, -0.2) is 5.43 Å². The van der Waals surface area contributed by atoms with Gasteiger partial charge in [0, 0.05) is 39.8 Å². The molecule has 0 aliphatic carbocycles. The van der Waals surface area contributed by atoms with Gasteiger partial charge in [0.05, 0.1) is 6.21 Å². The quantitative estimate of drug-likeness (QED) is 0.570. The summed E-state index contributed by atoms with van der Waals surface area (Å²) in [7, 11) is 0. The van der Waals surface area contributed by atoms with Crippen LogP contribution in [0.1, 0.15) is 22.8 Å². The van der Waals surface area contributed by atoms with Crippen LogP contribution in [0.25, 0.3) is 10.9 Å². The molecule has 0 radical (unpaired) electrons. The van der Waals surface area contributed by atoms with Crippen LogP contribution in [0.15, 0.2) is 59.8 Å². The third kappa shape index (κ3) is 3.27. The summed E-state index contributed by atoms with van der Waals surface area (Å²) >= 11 is 5.81. The number of hydrogen-bond acceptors (Lipinski definition) is 2. The summed E-state index contributed by atoms with van der Waals surface area (Å²) in [4.78, 5) is 12.0. The minimum absolute atomic E-state index is 0.267. The number of halogens is 1. The summed E-state index contributed by atoms with van der Waals surface area (Å²) in [6.07, 6.45) is 3.70. The molecule has 0 saturated heterocycles. The zero-order chi connectivity index (χ0) is 16.2. The van der Waals surface area contributed by atoms with Crippen LogP contribution in [0, 0.1) is 0 Å². The first kappa shape index (κ1) is 15.3. The number of hydrazone groups is 1. The van der Waals surface area contributed by atoms with Crippen LogP contribution in [0.3, 0.4) is 0 Å². The molecule has 116 valence electrons. The third-order valence-electron chi connectivity index (χ3n) is 3.64. The van der Waals surface area contributed by atoms with Gasteiger partial charge in [0.2, 0.25) is 0 Å². The molecule has 0 aliphatic rings. The van der Waals surface area contributed by atoms with E-state index in [1.54, 1.807) is 30.5 Å². The molecule has 5 heteroatoms. The zero-order valence-corrected chi connectivity index (χ0v) is 13.4. The van der Waals surface area contributed by atoms with Gasteiger partial charge in [-0.05, 0) is 37.3 Å². The molecule has 0 aliphatic heterocycles. The highest BCUT2D eigenvalue weighted by molar-refractivity contribution is 6.30. The highest BCUT2D eigenvalue weighted by Crippen LogP contribution is 2.19. The topological polar surface area (TPSA) is 46.4 Å². The van der Waals surface area contributed by atoms with Crippen molar-refractivity contribution in [1.29, 1.82) is 0 Å². The molecule has 1 aromatic heterocycles. The summed E-state index contributed by atoms with van der Waals surface area (Å²) in [6, 6.07) is 14.8. The zero-order valence-electron chi connectivity index (χ0n) is 12.7. The van der Waals surface area contributed by atoms with E-state index in [2.05, 4.69) is 28.1 Å². The molecule has 1 amide bonds. The highest BCUT2D eigenvalue weighted by atomic mass is 35.5. The van der Waals surface area contributed by atoms with Crippen molar-refractivity contribution in [2.24, 2.45) is 5.10 Å². The Bertz CT molecular complexity index is 866. The van der Waals surface area contributed by atoms with Crippen molar-refractivity contribution in [3.05, 3.63) is 70.9 Å². The second kappa shape index (κ2) is 6.67. The lowest BCUT2D eigenvalue weighted by Gasteiger charge is -1.99. The van der Waals surface area contributed by atoms with E-state index in [0.717, 1.165) is 23.0 Å². The number of hydrogen-bond donors (Lipinski definition) is 1. The Labute approximate surface area is 139 Å². The monoisotopic (exact) mass is 325 g/mol. The fraction of sp³-hybridized carbons (Fsp3) is 0.111. The number of fused-ring (bicyclic) bond motifs is 1. The van der Waals surface area contributed by atoms with Crippen LogP contribution < -0.4 is 5.43 Å². The van der Waals surface area contributed by atoms with Crippen molar-refractivity contribution >= 4 is 34.6 Å². The third-order valence-corrected chi connectivity index (χ3v) is 3.89. The Kier molecular flexibility index (Phi) is 4.44. The predicted molar refractivity (Wildman–Crippen MR) is 94.1 cm³/mol. The van der Waals surface area contributed by atoms with E-state index in [4.69, 9.17) is 11.6 Å². The van der Waals surface area contributed by atoms with E-state index in [0.29, 0.717) is 10.6 Å². The highest BCUT2D eigenvalue weighted by Gasteiger charge is 2.06. The van der Waals surface area contributed by atoms with Crippen LogP contribution in [0.4, 0.5) is 0 Å². The second-order valence-corrected chi connectivity index (χ2v) is 5.53. The van der Waals surface area contributed by atoms with Gasteiger partial charge in [-0.1, -0.05) is 29.8 Å². The van der Waals surface area contributed by atoms with E-state index < -0.39 is 0 Å². The molecule has 0 unspecified atom stereocenters. The first-order valence-corrected chi connectivity index (χ1v) is 7.73. The number of nitrogens with zero attached hydrogens (tertiary/aromatic N) is 2. The van der Waals surface area contributed by atoms with Crippen LogP contribution in [0.2, 0.25) is 5.02 Å². The molecule has 4 nitrogen and oxygen atoms in total. The lowest BCUT2D eigenvalue weighted by atomic mass is 10.2. The average Bonchev–Trinajstić information content (AvgIpc) is 2.94. The number of rotatable bonds is 4. The van der Waals surface area contributed by atoms with Gasteiger partial charge in [-0.3, -0.25) is 4.79 Å². The molecule has 23 heavy (non-hydrogen) atoms. The van der Waals surface area contributed by atoms with Crippen molar-refractivity contribution < 1.29 is 4.79 Å². The van der Waals surface area contributed by atoms with E-state index in [1.165, 1.54) is 0 Å². The van der Waals surface area contributed by atoms with E-state index in [-0.39, 0.29) is 5.91 Å². The van der Waals surface area contributed by atoms with Crippen molar-refractivity contribution in [3.8, 4) is 0 Å². The summed E-state index contributed by atoms with van der Waals surface area (Å²) in [5, 5.41) is 5.77. The number of amides is 1. The Morgan fingerprint density at radius 2 is 1.96 bits per heavy atom. The molecular weight excluding hydrogens is 310 g/mol. The molecule has 0 fully saturated rings. The van der Waals surface area contributed by atoms with Crippen molar-refractivity contribution in [3.63, 3.8) is 0 Å². The number of aromatic nitrogens is 1. The summed E-state index contributed by atoms with van der Waals surface area (Å²) in [6.45, 7) is 2.97. The Morgan fingerprint density at radius 3 is 2.70 bits per heavy atom. The fourth-order valence-corrected chi connectivity index (χ4v) is 2.59. The Morgan fingerprint density at radius 1 is 1.22 bits per heavy atom. The lowest BCUT2D eigenvalue weighted by Crippen LogP contribution is -2.17. The van der Waals surface area contributed by atoms with Crippen LogP contribution >= 0.6 is 11.6 Å². The number of nitrogens with one attached hydrogen (secondary N) is 1. The van der Waals surface area contributed by atoms with Crippen molar-refractivity contribution in [2.75, 3.05) is 0 Å². The summed E-state index contributed by atoms with van der Waals surface area (Å²) in [5.74, 6) is -0.267. The van der Waals surface area contributed by atoms with E-state index in [9.17, 15) is 4.79 Å². The maximum Gasteiger partial charge on any atom is 0.271 e. The van der Waals surface area contributed by atoms with Gasteiger partial charge in [-0.15, -0.1) is 0 Å². The molecular formula is C18H16ClN3O. The largest absolute Gasteiger partial charge is 0.347 e. The first-order valence-electron chi connectivity index (χ1n) is 7.36. The first-order chi connectivity index (χ1) is 11.2. The SMILES string of the molecule is CCn1cc(/C=N\NC(=O)c2ccc(Cl)cc2)c2ccccc21. The normalized spacial score (nSPS) is 11.2. The van der Waals surface area contributed by atoms with Gasteiger partial charge in [0.25, 0.3) is 5.91 Å². The predicted octanol–water partition coefficient (Wildman–Crippen LogP) is 4.08. The Balaban J connectivity index is 1.78. The fourth-order valence-electron chi connectivity index (χ4n) is 2.47. The van der Waals surface area contributed by atoms with Gasteiger partial charge < -0.3 is 4.57 Å². The van der Waals surface area contributed by atoms with Crippen LogP contribution in [-0.2, 0) is 6.54 Å². The molecule has 3 rings (SSSR count). The number of benzene rings is 2. The second-order valence-electron chi connectivity index (χ2n) is 5.09. The van der Waals surface area contributed by atoms with Gasteiger partial charge in [-0.2, -0.15) is 5.10 Å². The van der Waals surface area contributed by atoms with Crippen molar-refractivity contribution in [2.45, 2.75) is 13.5 Å². The number of carbonyl (C=O) groups is 1. The summed E-state index contributed by atoms with van der Waals surface area (Å²) in [5.41, 5.74) is 5.18. The maximum absolute atomic E-state index is 12.0. The number of carbonyl (C=O) groups excluding carboxylic acids is 1. The Hall–Kier alpha value is -2.59. The van der Waals surface area contributed by atoms with Crippen LogP contribution in [0.5, 0.6) is 0 Å². The smallest absolute Gasteiger partial charge is 0.271 e. The molecule has 0 spiro atoms. The van der Waals surface area contributed by atoms with Gasteiger partial charge in [0.1, 0.15) is 0 Å². The molecule has 3 aromatic rings. The van der Waals surface area contributed by atoms with Crippen molar-refractivity contribution in [1.82, 2.24) is 9.99 Å². The molecule has 2 aromatic carbocycles. The minimum Gasteiger partial charge on any atom is -0.347 e. The lowest BCUT2D eigenvalue weighted by molar-refractivity contribution is 0.0955.